The van der Waals surface area contributed by atoms with E-state index in [4.69, 9.17) is 4.52 Å². The molecule has 2 N–H and O–H groups in total. The molecule has 0 bridgehead atoms. The molecule has 2 aromatic rings. The van der Waals surface area contributed by atoms with Gasteiger partial charge in [-0.15, -0.1) is 0 Å². The lowest BCUT2D eigenvalue weighted by Crippen LogP contribution is -2.47. The summed E-state index contributed by atoms with van der Waals surface area (Å²) in [5.74, 6) is 1.54. The van der Waals surface area contributed by atoms with E-state index < -0.39 is 0 Å². The van der Waals surface area contributed by atoms with Gasteiger partial charge in [-0.25, -0.2) is 0 Å². The number of nitrogens with zero attached hydrogens (tertiary/aromatic N) is 2. The lowest BCUT2D eigenvalue weighted by Gasteiger charge is -2.20. The molecule has 2 heterocycles. The molecule has 110 valence electrons. The standard InChI is InChI=1S/C15H18N4O2/c1-9(2)10-3-5-11(6-4-10)14-18-15(21-19-14)12-7-17-13(20)8-16-12/h3-6,9,12,16H,7-8H2,1-2H3,(H,17,20). The van der Waals surface area contributed by atoms with Crippen molar-refractivity contribution in [1.82, 2.24) is 20.8 Å². The highest BCUT2D eigenvalue weighted by Crippen LogP contribution is 2.22. The zero-order valence-corrected chi connectivity index (χ0v) is 12.1. The molecular weight excluding hydrogens is 268 g/mol. The van der Waals surface area contributed by atoms with Gasteiger partial charge in [-0.1, -0.05) is 43.3 Å². The van der Waals surface area contributed by atoms with Gasteiger partial charge in [0.2, 0.25) is 17.6 Å². The second-order valence-electron chi connectivity index (χ2n) is 5.47. The van der Waals surface area contributed by atoms with Gasteiger partial charge in [-0.05, 0) is 11.5 Å². The first kappa shape index (κ1) is 13.8. The van der Waals surface area contributed by atoms with Gasteiger partial charge >= 0.3 is 0 Å². The molecule has 1 aliphatic rings. The van der Waals surface area contributed by atoms with Crippen molar-refractivity contribution in [3.63, 3.8) is 0 Å². The summed E-state index contributed by atoms with van der Waals surface area (Å²) < 4.78 is 5.30. The zero-order chi connectivity index (χ0) is 14.8. The van der Waals surface area contributed by atoms with Gasteiger partial charge in [0.25, 0.3) is 0 Å². The molecule has 1 aromatic heterocycles. The van der Waals surface area contributed by atoms with Gasteiger partial charge in [0.15, 0.2) is 0 Å². The van der Waals surface area contributed by atoms with Crippen LogP contribution in [0.1, 0.15) is 37.3 Å². The minimum absolute atomic E-state index is 0.0183. The van der Waals surface area contributed by atoms with E-state index in [1.165, 1.54) is 5.56 Å². The highest BCUT2D eigenvalue weighted by molar-refractivity contribution is 5.78. The SMILES string of the molecule is CC(C)c1ccc(-c2noc(C3CNC(=O)CN3)n2)cc1. The van der Waals surface area contributed by atoms with E-state index in [1.54, 1.807) is 0 Å². The van der Waals surface area contributed by atoms with E-state index in [0.29, 0.717) is 24.2 Å². The molecule has 1 amide bonds. The molecule has 3 rings (SSSR count). The van der Waals surface area contributed by atoms with Gasteiger partial charge in [0.1, 0.15) is 6.04 Å². The number of nitrogens with one attached hydrogen (secondary N) is 2. The number of benzene rings is 1. The predicted octanol–water partition coefficient (Wildman–Crippen LogP) is 1.62. The van der Waals surface area contributed by atoms with Crippen LogP contribution in [0.3, 0.4) is 0 Å². The fourth-order valence-corrected chi connectivity index (χ4v) is 2.25. The molecule has 0 saturated carbocycles. The Morgan fingerprint density at radius 1 is 1.29 bits per heavy atom. The number of hydrogen-bond donors (Lipinski definition) is 2. The van der Waals surface area contributed by atoms with E-state index in [1.807, 2.05) is 12.1 Å². The monoisotopic (exact) mass is 286 g/mol. The highest BCUT2D eigenvalue weighted by Gasteiger charge is 2.24. The predicted molar refractivity (Wildman–Crippen MR) is 77.6 cm³/mol. The molecule has 0 aliphatic carbocycles. The first-order valence-electron chi connectivity index (χ1n) is 7.07. The maximum atomic E-state index is 11.1. The summed E-state index contributed by atoms with van der Waals surface area (Å²) in [5, 5.41) is 9.85. The largest absolute Gasteiger partial charge is 0.353 e. The molecule has 1 aromatic carbocycles. The quantitative estimate of drug-likeness (QED) is 0.896. The number of hydrogen-bond acceptors (Lipinski definition) is 5. The van der Waals surface area contributed by atoms with Gasteiger partial charge in [-0.3, -0.25) is 10.1 Å². The molecule has 21 heavy (non-hydrogen) atoms. The van der Waals surface area contributed by atoms with Crippen molar-refractivity contribution in [1.29, 1.82) is 0 Å². The Kier molecular flexibility index (Phi) is 3.70. The molecule has 0 spiro atoms. The minimum atomic E-state index is -0.126. The molecule has 1 saturated heterocycles. The fourth-order valence-electron chi connectivity index (χ4n) is 2.25. The van der Waals surface area contributed by atoms with E-state index in [-0.39, 0.29) is 18.5 Å². The van der Waals surface area contributed by atoms with E-state index >= 15 is 0 Å². The molecule has 1 unspecified atom stereocenters. The second-order valence-corrected chi connectivity index (χ2v) is 5.47. The van der Waals surface area contributed by atoms with Gasteiger partial charge in [0, 0.05) is 12.1 Å². The molecule has 0 radical (unpaired) electrons. The Bertz CT molecular complexity index is 623. The normalized spacial score (nSPS) is 18.8. The summed E-state index contributed by atoms with van der Waals surface area (Å²) in [6.45, 7) is 5.05. The number of amides is 1. The fraction of sp³-hybridized carbons (Fsp3) is 0.400. The summed E-state index contributed by atoms with van der Waals surface area (Å²) in [6.07, 6.45) is 0. The smallest absolute Gasteiger partial charge is 0.245 e. The topological polar surface area (TPSA) is 80.0 Å². The Labute approximate surface area is 122 Å². The second kappa shape index (κ2) is 5.65. The lowest BCUT2D eigenvalue weighted by atomic mass is 10.0. The van der Waals surface area contributed by atoms with Crippen LogP contribution in [0.15, 0.2) is 28.8 Å². The van der Waals surface area contributed by atoms with Gasteiger partial charge in [0.05, 0.1) is 6.54 Å². The summed E-state index contributed by atoms with van der Waals surface area (Å²) in [4.78, 5) is 15.5. The highest BCUT2D eigenvalue weighted by atomic mass is 16.5. The first-order chi connectivity index (χ1) is 10.1. The average Bonchev–Trinajstić information content (AvgIpc) is 2.98. The molecule has 1 aliphatic heterocycles. The van der Waals surface area contributed by atoms with Crippen LogP contribution in [-0.2, 0) is 4.79 Å². The molecule has 1 fully saturated rings. The third kappa shape index (κ3) is 2.95. The van der Waals surface area contributed by atoms with Crippen molar-refractivity contribution in [2.75, 3.05) is 13.1 Å². The third-order valence-corrected chi connectivity index (χ3v) is 3.59. The summed E-state index contributed by atoms with van der Waals surface area (Å²) in [6, 6.07) is 8.03. The summed E-state index contributed by atoms with van der Waals surface area (Å²) in [7, 11) is 0. The van der Waals surface area contributed by atoms with Crippen LogP contribution in [0.5, 0.6) is 0 Å². The van der Waals surface area contributed by atoms with Crippen LogP contribution < -0.4 is 10.6 Å². The Hall–Kier alpha value is -2.21. The van der Waals surface area contributed by atoms with Crippen molar-refractivity contribution in [3.8, 4) is 11.4 Å². The molecule has 1 atom stereocenters. The molecule has 6 heteroatoms. The summed E-state index contributed by atoms with van der Waals surface area (Å²) >= 11 is 0. The maximum absolute atomic E-state index is 11.1. The number of carbonyl (C=O) groups is 1. The van der Waals surface area contributed by atoms with E-state index in [0.717, 1.165) is 5.56 Å². The minimum Gasteiger partial charge on any atom is -0.353 e. The van der Waals surface area contributed by atoms with Crippen LogP contribution in [0.25, 0.3) is 11.4 Å². The number of rotatable bonds is 3. The van der Waals surface area contributed by atoms with Gasteiger partial charge in [-0.2, -0.15) is 4.98 Å². The Balaban J connectivity index is 1.76. The molecular formula is C15H18N4O2. The average molecular weight is 286 g/mol. The lowest BCUT2D eigenvalue weighted by molar-refractivity contribution is -0.121. The van der Waals surface area contributed by atoms with Crippen LogP contribution >= 0.6 is 0 Å². The van der Waals surface area contributed by atoms with Crippen molar-refractivity contribution in [2.45, 2.75) is 25.8 Å². The van der Waals surface area contributed by atoms with Gasteiger partial charge < -0.3 is 9.84 Å². The number of aromatic nitrogens is 2. The third-order valence-electron chi connectivity index (χ3n) is 3.59. The van der Waals surface area contributed by atoms with Crippen LogP contribution in [0.2, 0.25) is 0 Å². The van der Waals surface area contributed by atoms with Crippen LogP contribution in [0, 0.1) is 0 Å². The van der Waals surface area contributed by atoms with Crippen molar-refractivity contribution in [2.24, 2.45) is 0 Å². The van der Waals surface area contributed by atoms with Crippen molar-refractivity contribution in [3.05, 3.63) is 35.7 Å². The van der Waals surface area contributed by atoms with Crippen molar-refractivity contribution >= 4 is 5.91 Å². The number of carbonyl (C=O) groups excluding carboxylic acids is 1. The zero-order valence-electron chi connectivity index (χ0n) is 12.1. The Morgan fingerprint density at radius 3 is 2.67 bits per heavy atom. The van der Waals surface area contributed by atoms with Crippen molar-refractivity contribution < 1.29 is 9.32 Å². The first-order valence-corrected chi connectivity index (χ1v) is 7.07. The maximum Gasteiger partial charge on any atom is 0.245 e. The van der Waals surface area contributed by atoms with Crippen LogP contribution in [-0.4, -0.2) is 29.1 Å². The van der Waals surface area contributed by atoms with E-state index in [9.17, 15) is 4.79 Å². The number of piperazine rings is 1. The summed E-state index contributed by atoms with van der Waals surface area (Å²) in [5.41, 5.74) is 2.20. The van der Waals surface area contributed by atoms with E-state index in [2.05, 4.69) is 46.8 Å². The van der Waals surface area contributed by atoms with Crippen LogP contribution in [0.4, 0.5) is 0 Å². The Morgan fingerprint density at radius 2 is 2.05 bits per heavy atom. The molecule has 6 nitrogen and oxygen atoms in total.